The molecule has 1 N–H and O–H groups in total. The molecule has 1 atom stereocenters. The molecule has 8 heteroatoms. The van der Waals surface area contributed by atoms with E-state index in [-0.39, 0.29) is 6.54 Å². The number of halogens is 4. The first kappa shape index (κ1) is 25.1. The summed E-state index contributed by atoms with van der Waals surface area (Å²) in [5.41, 5.74) is 3.96. The molecular formula is C25H32F4N4. The molecule has 1 aromatic carbocycles. The molecule has 1 aromatic heterocycles. The highest BCUT2D eigenvalue weighted by Gasteiger charge is 2.33. The van der Waals surface area contributed by atoms with Crippen LogP contribution in [0.1, 0.15) is 49.9 Å². The molecule has 2 aromatic rings. The second-order valence-electron chi connectivity index (χ2n) is 8.54. The van der Waals surface area contributed by atoms with Gasteiger partial charge in [-0.2, -0.15) is 0 Å². The quantitative estimate of drug-likeness (QED) is 0.569. The van der Waals surface area contributed by atoms with Gasteiger partial charge < -0.3 is 10.2 Å². The van der Waals surface area contributed by atoms with Crippen molar-refractivity contribution >= 4 is 11.4 Å². The van der Waals surface area contributed by atoms with Crippen molar-refractivity contribution in [2.24, 2.45) is 5.92 Å². The zero-order valence-corrected chi connectivity index (χ0v) is 19.4. The van der Waals surface area contributed by atoms with Gasteiger partial charge in [0.1, 0.15) is 23.8 Å². The molecular weight excluding hydrogens is 432 g/mol. The Hall–Kier alpha value is -2.48. The second-order valence-corrected chi connectivity index (χ2v) is 8.54. The van der Waals surface area contributed by atoms with Crippen LogP contribution >= 0.6 is 0 Å². The molecule has 0 bridgehead atoms. The Labute approximate surface area is 193 Å². The molecule has 2 fully saturated rings. The third kappa shape index (κ3) is 6.76. The monoisotopic (exact) mass is 464 g/mol. The molecule has 4 rings (SSSR count). The van der Waals surface area contributed by atoms with Crippen molar-refractivity contribution in [2.75, 3.05) is 24.5 Å². The van der Waals surface area contributed by atoms with E-state index in [1.54, 1.807) is 0 Å². The molecule has 1 saturated heterocycles. The van der Waals surface area contributed by atoms with Gasteiger partial charge in [0, 0.05) is 31.3 Å². The Morgan fingerprint density at radius 1 is 1.18 bits per heavy atom. The average molecular weight is 465 g/mol. The van der Waals surface area contributed by atoms with Crippen molar-refractivity contribution < 1.29 is 17.6 Å². The minimum Gasteiger partial charge on any atom is -0.353 e. The lowest BCUT2D eigenvalue weighted by atomic mass is 9.99. The van der Waals surface area contributed by atoms with Crippen LogP contribution < -0.4 is 10.2 Å². The smallest absolute Gasteiger partial charge is 0.255 e. The molecule has 0 radical (unpaired) electrons. The zero-order chi connectivity index (χ0) is 24.0. The van der Waals surface area contributed by atoms with Crippen LogP contribution in [0.5, 0.6) is 0 Å². The topological polar surface area (TPSA) is 41.1 Å². The van der Waals surface area contributed by atoms with Crippen LogP contribution in [0.3, 0.4) is 0 Å². The highest BCUT2D eigenvalue weighted by molar-refractivity contribution is 5.78. The fraction of sp³-hybridized carbons (Fsp3) is 0.520. The lowest BCUT2D eigenvalue weighted by Crippen LogP contribution is -2.54. The van der Waals surface area contributed by atoms with Gasteiger partial charge in [-0.25, -0.2) is 27.5 Å². The molecule has 0 spiro atoms. The van der Waals surface area contributed by atoms with Gasteiger partial charge in [-0.3, -0.25) is 0 Å². The number of benzene rings is 1. The van der Waals surface area contributed by atoms with E-state index in [2.05, 4.69) is 21.4 Å². The number of hydrogen-bond donors (Lipinski definition) is 1. The maximum absolute atomic E-state index is 13.0. The highest BCUT2D eigenvalue weighted by Crippen LogP contribution is 2.44. The number of aromatic nitrogens is 2. The van der Waals surface area contributed by atoms with Crippen LogP contribution in [0.4, 0.5) is 23.4 Å². The number of hydrogen-bond acceptors (Lipinski definition) is 4. The van der Waals surface area contributed by atoms with Gasteiger partial charge in [-0.1, -0.05) is 19.4 Å². The lowest BCUT2D eigenvalue weighted by Gasteiger charge is -2.35. The Morgan fingerprint density at radius 3 is 2.45 bits per heavy atom. The summed E-state index contributed by atoms with van der Waals surface area (Å²) in [6.07, 6.45) is 5.31. The summed E-state index contributed by atoms with van der Waals surface area (Å²) in [5.74, 6) is 0.392. The largest absolute Gasteiger partial charge is 0.353 e. The van der Waals surface area contributed by atoms with E-state index in [4.69, 9.17) is 0 Å². The van der Waals surface area contributed by atoms with E-state index in [0.29, 0.717) is 19.0 Å². The van der Waals surface area contributed by atoms with Gasteiger partial charge in [-0.15, -0.1) is 0 Å². The minimum absolute atomic E-state index is 0.281. The summed E-state index contributed by atoms with van der Waals surface area (Å²) in [5, 5.41) is 2.88. The molecule has 2 heterocycles. The first-order valence-corrected chi connectivity index (χ1v) is 11.5. The normalized spacial score (nSPS) is 18.8. The zero-order valence-electron chi connectivity index (χ0n) is 19.4. The van der Waals surface area contributed by atoms with Gasteiger partial charge in [0.2, 0.25) is 0 Å². The van der Waals surface area contributed by atoms with Gasteiger partial charge in [-0.05, 0) is 62.3 Å². The maximum Gasteiger partial charge on any atom is 0.255 e. The van der Waals surface area contributed by atoms with Crippen molar-refractivity contribution in [3.8, 4) is 0 Å². The fourth-order valence-corrected chi connectivity index (χ4v) is 4.20. The Morgan fingerprint density at radius 2 is 1.88 bits per heavy atom. The molecule has 0 amide bonds. The Balaban J connectivity index is 0.000000235. The second kappa shape index (κ2) is 11.6. The van der Waals surface area contributed by atoms with Crippen molar-refractivity contribution in [3.05, 3.63) is 59.1 Å². The highest BCUT2D eigenvalue weighted by atomic mass is 19.3. The molecule has 4 nitrogen and oxygen atoms in total. The van der Waals surface area contributed by atoms with E-state index >= 15 is 0 Å². The van der Waals surface area contributed by atoms with Crippen LogP contribution in [-0.2, 0) is 6.42 Å². The summed E-state index contributed by atoms with van der Waals surface area (Å²) in [6, 6.07) is 2.82. The van der Waals surface area contributed by atoms with Crippen LogP contribution in [0.2, 0.25) is 0 Å². The van der Waals surface area contributed by atoms with Gasteiger partial charge in [0.15, 0.2) is 0 Å². The van der Waals surface area contributed by atoms with Crippen LogP contribution in [-0.4, -0.2) is 42.1 Å². The molecule has 1 unspecified atom stereocenters. The van der Waals surface area contributed by atoms with E-state index in [9.17, 15) is 17.6 Å². The first-order valence-electron chi connectivity index (χ1n) is 11.5. The summed E-state index contributed by atoms with van der Waals surface area (Å²) >= 11 is 0. The molecule has 33 heavy (non-hydrogen) atoms. The Bertz CT molecular complexity index is 939. The number of aryl methyl sites for hydroxylation is 2. The van der Waals surface area contributed by atoms with Crippen LogP contribution in [0.25, 0.3) is 5.57 Å². The fourth-order valence-electron chi connectivity index (χ4n) is 4.20. The SMILES string of the molecule is C/C=C(\c1c(C)ncnc1N1CCNC(C(F)F)C1)C1CC1.CCCc1cc(F)cc(F)c1. The van der Waals surface area contributed by atoms with Crippen molar-refractivity contribution in [1.82, 2.24) is 15.3 Å². The predicted molar refractivity (Wildman–Crippen MR) is 124 cm³/mol. The third-order valence-electron chi connectivity index (χ3n) is 5.90. The molecule has 1 aliphatic carbocycles. The van der Waals surface area contributed by atoms with E-state index in [1.165, 1.54) is 36.9 Å². The number of anilines is 1. The van der Waals surface area contributed by atoms with E-state index < -0.39 is 24.1 Å². The van der Waals surface area contributed by atoms with E-state index in [1.807, 2.05) is 25.7 Å². The van der Waals surface area contributed by atoms with Gasteiger partial charge >= 0.3 is 0 Å². The van der Waals surface area contributed by atoms with Gasteiger partial charge in [0.05, 0.1) is 11.7 Å². The summed E-state index contributed by atoms with van der Waals surface area (Å²) in [7, 11) is 0. The number of nitrogens with one attached hydrogen (secondary N) is 1. The summed E-state index contributed by atoms with van der Waals surface area (Å²) < 4.78 is 51.1. The van der Waals surface area contributed by atoms with Gasteiger partial charge in [0.25, 0.3) is 6.43 Å². The summed E-state index contributed by atoms with van der Waals surface area (Å²) in [4.78, 5) is 10.7. The number of alkyl halides is 2. The minimum atomic E-state index is -2.36. The van der Waals surface area contributed by atoms with Crippen molar-refractivity contribution in [1.29, 1.82) is 0 Å². The standard InChI is InChI=1S/C16H22F2N4.C9H10F2/c1-3-12(11-4-5-11)14-10(2)20-9-21-16(14)22-7-6-19-13(8-22)15(17)18;1-2-3-7-4-8(10)6-9(11)5-7/h3,9,11,13,15,19H,4-8H2,1-2H3;4-6H,2-3H2,1H3/b12-3-;. The molecule has 1 saturated carbocycles. The number of piperazine rings is 1. The number of allylic oxidation sites excluding steroid dienone is 2. The first-order chi connectivity index (χ1) is 15.8. The molecule has 2 aliphatic rings. The molecule has 180 valence electrons. The number of nitrogens with zero attached hydrogens (tertiary/aromatic N) is 3. The van der Waals surface area contributed by atoms with Crippen molar-refractivity contribution in [2.45, 2.75) is 58.9 Å². The number of rotatable bonds is 6. The molecule has 1 aliphatic heterocycles. The maximum atomic E-state index is 13.0. The van der Waals surface area contributed by atoms with Crippen LogP contribution in [0.15, 0.2) is 30.6 Å². The van der Waals surface area contributed by atoms with Crippen LogP contribution in [0, 0.1) is 24.5 Å². The average Bonchev–Trinajstić information content (AvgIpc) is 3.61. The predicted octanol–water partition coefficient (Wildman–Crippen LogP) is 5.56. The lowest BCUT2D eigenvalue weighted by molar-refractivity contribution is 0.0957. The summed E-state index contributed by atoms with van der Waals surface area (Å²) in [6.45, 7) is 7.49. The van der Waals surface area contributed by atoms with E-state index in [0.717, 1.165) is 41.5 Å². The Kier molecular flexibility index (Phi) is 8.83. The third-order valence-corrected chi connectivity index (χ3v) is 5.90. The van der Waals surface area contributed by atoms with Crippen molar-refractivity contribution in [3.63, 3.8) is 0 Å².